The molecule has 122 valence electrons. The van der Waals surface area contributed by atoms with Gasteiger partial charge in [0.15, 0.2) is 0 Å². The van der Waals surface area contributed by atoms with E-state index in [1.807, 2.05) is 57.2 Å². The lowest BCUT2D eigenvalue weighted by atomic mass is 10.1. The van der Waals surface area contributed by atoms with Crippen molar-refractivity contribution in [3.05, 3.63) is 53.1 Å². The van der Waals surface area contributed by atoms with E-state index in [4.69, 9.17) is 4.74 Å². The van der Waals surface area contributed by atoms with Crippen LogP contribution in [0, 0.1) is 20.8 Å². The Balaban J connectivity index is 1.92. The Hall–Kier alpha value is -2.49. The van der Waals surface area contributed by atoms with Gasteiger partial charge in [-0.25, -0.2) is 0 Å². The molecular formula is C19H24N2O2. The van der Waals surface area contributed by atoms with Crippen LogP contribution in [0.25, 0.3) is 0 Å². The van der Waals surface area contributed by atoms with Gasteiger partial charge in [-0.3, -0.25) is 4.79 Å². The van der Waals surface area contributed by atoms with Gasteiger partial charge < -0.3 is 15.4 Å². The first-order valence-electron chi connectivity index (χ1n) is 7.76. The highest BCUT2D eigenvalue weighted by molar-refractivity contribution is 5.92. The molecular weight excluding hydrogens is 288 g/mol. The second-order valence-corrected chi connectivity index (χ2v) is 5.70. The van der Waals surface area contributed by atoms with Crippen molar-refractivity contribution in [2.75, 3.05) is 24.3 Å². The molecule has 0 unspecified atom stereocenters. The second kappa shape index (κ2) is 7.68. The Morgan fingerprint density at radius 1 is 1.09 bits per heavy atom. The number of hydrogen-bond donors (Lipinski definition) is 2. The quantitative estimate of drug-likeness (QED) is 0.845. The first-order chi connectivity index (χ1) is 11.0. The topological polar surface area (TPSA) is 50.4 Å². The first kappa shape index (κ1) is 16.9. The van der Waals surface area contributed by atoms with Crippen molar-refractivity contribution < 1.29 is 9.53 Å². The summed E-state index contributed by atoms with van der Waals surface area (Å²) in [7, 11) is 1.64. The molecule has 0 heterocycles. The highest BCUT2D eigenvalue weighted by Crippen LogP contribution is 2.25. The van der Waals surface area contributed by atoms with Crippen molar-refractivity contribution in [1.29, 1.82) is 0 Å². The van der Waals surface area contributed by atoms with Gasteiger partial charge in [0, 0.05) is 18.7 Å². The number of ether oxygens (including phenoxy) is 1. The largest absolute Gasteiger partial charge is 0.495 e. The molecule has 0 radical (unpaired) electrons. The first-order valence-corrected chi connectivity index (χ1v) is 7.76. The number of anilines is 2. The second-order valence-electron chi connectivity index (χ2n) is 5.70. The maximum atomic E-state index is 12.1. The van der Waals surface area contributed by atoms with Crippen LogP contribution in [0.5, 0.6) is 5.75 Å². The Morgan fingerprint density at radius 2 is 1.78 bits per heavy atom. The van der Waals surface area contributed by atoms with E-state index < -0.39 is 0 Å². The summed E-state index contributed by atoms with van der Waals surface area (Å²) >= 11 is 0. The number of rotatable bonds is 6. The maximum Gasteiger partial charge on any atom is 0.226 e. The van der Waals surface area contributed by atoms with Crippen LogP contribution in [-0.4, -0.2) is 19.6 Å². The third-order valence-electron chi connectivity index (χ3n) is 3.77. The molecule has 0 aliphatic rings. The zero-order chi connectivity index (χ0) is 16.8. The molecule has 4 heteroatoms. The zero-order valence-electron chi connectivity index (χ0n) is 14.2. The number of methoxy groups -OCH3 is 1. The van der Waals surface area contributed by atoms with Crippen molar-refractivity contribution in [2.24, 2.45) is 0 Å². The number of carbonyl (C=O) groups excluding carboxylic acids is 1. The average Bonchev–Trinajstić information content (AvgIpc) is 2.51. The van der Waals surface area contributed by atoms with Crippen LogP contribution >= 0.6 is 0 Å². The van der Waals surface area contributed by atoms with E-state index in [2.05, 4.69) is 10.6 Å². The number of aryl methyl sites for hydroxylation is 3. The predicted molar refractivity (Wildman–Crippen MR) is 95.4 cm³/mol. The van der Waals surface area contributed by atoms with E-state index in [-0.39, 0.29) is 5.91 Å². The number of nitrogens with one attached hydrogen (secondary N) is 2. The summed E-state index contributed by atoms with van der Waals surface area (Å²) in [5, 5.41) is 6.26. The van der Waals surface area contributed by atoms with Gasteiger partial charge >= 0.3 is 0 Å². The van der Waals surface area contributed by atoms with E-state index in [1.54, 1.807) is 7.11 Å². The number of benzene rings is 2. The molecule has 23 heavy (non-hydrogen) atoms. The van der Waals surface area contributed by atoms with Crippen LogP contribution < -0.4 is 15.4 Å². The van der Waals surface area contributed by atoms with Crippen LogP contribution in [-0.2, 0) is 4.79 Å². The lowest BCUT2D eigenvalue weighted by Gasteiger charge is -2.13. The fourth-order valence-corrected chi connectivity index (χ4v) is 2.48. The average molecular weight is 312 g/mol. The number of hydrogen-bond acceptors (Lipinski definition) is 3. The van der Waals surface area contributed by atoms with Crippen molar-refractivity contribution in [2.45, 2.75) is 27.2 Å². The number of para-hydroxylation sites is 1. The summed E-state index contributed by atoms with van der Waals surface area (Å²) < 4.78 is 5.32. The van der Waals surface area contributed by atoms with E-state index >= 15 is 0 Å². The van der Waals surface area contributed by atoms with E-state index in [0.29, 0.717) is 13.0 Å². The van der Waals surface area contributed by atoms with Gasteiger partial charge in [0.2, 0.25) is 5.91 Å². The number of amides is 1. The molecule has 0 aliphatic heterocycles. The predicted octanol–water partition coefficient (Wildman–Crippen LogP) is 4.06. The molecule has 2 aromatic rings. The van der Waals surface area contributed by atoms with Crippen LogP contribution in [0.15, 0.2) is 36.4 Å². The Kier molecular flexibility index (Phi) is 5.63. The lowest BCUT2D eigenvalue weighted by molar-refractivity contribution is -0.115. The molecule has 0 fully saturated rings. The molecule has 0 spiro atoms. The van der Waals surface area contributed by atoms with Gasteiger partial charge in [-0.05, 0) is 49.6 Å². The van der Waals surface area contributed by atoms with Crippen molar-refractivity contribution >= 4 is 17.3 Å². The van der Waals surface area contributed by atoms with Crippen molar-refractivity contribution in [3.8, 4) is 5.75 Å². The van der Waals surface area contributed by atoms with Crippen molar-refractivity contribution in [3.63, 3.8) is 0 Å². The SMILES string of the molecule is COc1ccc(C)cc1NCCC(=O)Nc1c(C)cccc1C. The van der Waals surface area contributed by atoms with Gasteiger partial charge in [-0.1, -0.05) is 24.3 Å². The fourth-order valence-electron chi connectivity index (χ4n) is 2.48. The fraction of sp³-hybridized carbons (Fsp3) is 0.316. The molecule has 1 amide bonds. The van der Waals surface area contributed by atoms with Crippen LogP contribution in [0.3, 0.4) is 0 Å². The van der Waals surface area contributed by atoms with Crippen molar-refractivity contribution in [1.82, 2.24) is 0 Å². The van der Waals surface area contributed by atoms with E-state index in [1.165, 1.54) is 0 Å². The molecule has 0 saturated heterocycles. The molecule has 0 aliphatic carbocycles. The zero-order valence-corrected chi connectivity index (χ0v) is 14.2. The number of carbonyl (C=O) groups is 1. The lowest BCUT2D eigenvalue weighted by Crippen LogP contribution is -2.17. The van der Waals surface area contributed by atoms with Crippen LogP contribution in [0.2, 0.25) is 0 Å². The van der Waals surface area contributed by atoms with E-state index in [0.717, 1.165) is 33.8 Å². The van der Waals surface area contributed by atoms with E-state index in [9.17, 15) is 4.79 Å². The Morgan fingerprint density at radius 3 is 2.43 bits per heavy atom. The smallest absolute Gasteiger partial charge is 0.226 e. The molecule has 2 rings (SSSR count). The molecule has 2 aromatic carbocycles. The van der Waals surface area contributed by atoms with Gasteiger partial charge in [-0.15, -0.1) is 0 Å². The summed E-state index contributed by atoms with van der Waals surface area (Å²) in [6.45, 7) is 6.58. The van der Waals surface area contributed by atoms with Gasteiger partial charge in [0.05, 0.1) is 12.8 Å². The minimum absolute atomic E-state index is 0.00141. The summed E-state index contributed by atoms with van der Waals surface area (Å²) in [5.41, 5.74) is 5.12. The minimum atomic E-state index is 0.00141. The third-order valence-corrected chi connectivity index (χ3v) is 3.77. The summed E-state index contributed by atoms with van der Waals surface area (Å²) in [6, 6.07) is 11.9. The Bertz CT molecular complexity index is 676. The van der Waals surface area contributed by atoms with Gasteiger partial charge in [-0.2, -0.15) is 0 Å². The standard InChI is InChI=1S/C19H24N2O2/c1-13-8-9-17(23-4)16(12-13)20-11-10-18(22)21-19-14(2)6-5-7-15(19)3/h5-9,12,20H,10-11H2,1-4H3,(H,21,22). The summed E-state index contributed by atoms with van der Waals surface area (Å²) in [4.78, 5) is 12.1. The molecule has 4 nitrogen and oxygen atoms in total. The third kappa shape index (κ3) is 4.49. The molecule has 0 aromatic heterocycles. The highest BCUT2D eigenvalue weighted by Gasteiger charge is 2.08. The van der Waals surface area contributed by atoms with Gasteiger partial charge in [0.1, 0.15) is 5.75 Å². The monoisotopic (exact) mass is 312 g/mol. The molecule has 0 atom stereocenters. The molecule has 2 N–H and O–H groups in total. The molecule has 0 bridgehead atoms. The van der Waals surface area contributed by atoms with Crippen LogP contribution in [0.4, 0.5) is 11.4 Å². The maximum absolute atomic E-state index is 12.1. The molecule has 0 saturated carbocycles. The summed E-state index contributed by atoms with van der Waals surface area (Å²) in [6.07, 6.45) is 0.394. The summed E-state index contributed by atoms with van der Waals surface area (Å²) in [5.74, 6) is 0.785. The normalized spacial score (nSPS) is 10.3. The van der Waals surface area contributed by atoms with Gasteiger partial charge in [0.25, 0.3) is 0 Å². The van der Waals surface area contributed by atoms with Crippen LogP contribution in [0.1, 0.15) is 23.1 Å². The Labute approximate surface area is 137 Å². The minimum Gasteiger partial charge on any atom is -0.495 e. The highest BCUT2D eigenvalue weighted by atomic mass is 16.5.